The zero-order chi connectivity index (χ0) is 19.4. The number of anilines is 1. The molecule has 0 fully saturated rings. The van der Waals surface area contributed by atoms with Crippen LogP contribution in [0, 0.1) is 18.3 Å². The van der Waals surface area contributed by atoms with E-state index in [4.69, 9.17) is 5.26 Å². The van der Waals surface area contributed by atoms with Crippen LogP contribution in [0.15, 0.2) is 54.2 Å². The Morgan fingerprint density at radius 1 is 1.22 bits per heavy atom. The first-order chi connectivity index (χ1) is 13.0. The molecule has 0 aliphatic heterocycles. The molecule has 0 aliphatic carbocycles. The summed E-state index contributed by atoms with van der Waals surface area (Å²) in [7, 11) is 0. The third-order valence-electron chi connectivity index (χ3n) is 3.84. The van der Waals surface area contributed by atoms with E-state index in [2.05, 4.69) is 34.7 Å². The SMILES string of the molecule is Cc1ccc2nc(-c3ccc(N/C=C(/C#N)C(=O)NC(C)C)cc3)sc2c1. The molecule has 3 aromatic rings. The second kappa shape index (κ2) is 8.02. The Kier molecular flexibility index (Phi) is 5.53. The van der Waals surface area contributed by atoms with Crippen LogP contribution in [0.3, 0.4) is 0 Å². The number of rotatable bonds is 5. The molecule has 0 bridgehead atoms. The van der Waals surface area contributed by atoms with Crippen LogP contribution in [0.25, 0.3) is 20.8 Å². The van der Waals surface area contributed by atoms with Crippen molar-refractivity contribution in [3.05, 3.63) is 59.8 Å². The summed E-state index contributed by atoms with van der Waals surface area (Å²) < 4.78 is 1.17. The molecule has 136 valence electrons. The fourth-order valence-electron chi connectivity index (χ4n) is 2.51. The van der Waals surface area contributed by atoms with Gasteiger partial charge in [0.2, 0.25) is 0 Å². The average molecular weight is 376 g/mol. The van der Waals surface area contributed by atoms with Crippen LogP contribution >= 0.6 is 11.3 Å². The van der Waals surface area contributed by atoms with Crippen molar-refractivity contribution in [2.45, 2.75) is 26.8 Å². The number of fused-ring (bicyclic) bond motifs is 1. The number of thiazole rings is 1. The number of hydrogen-bond donors (Lipinski definition) is 2. The van der Waals surface area contributed by atoms with Gasteiger partial charge in [0, 0.05) is 23.5 Å². The fraction of sp³-hybridized carbons (Fsp3) is 0.190. The van der Waals surface area contributed by atoms with Crippen LogP contribution < -0.4 is 10.6 Å². The van der Waals surface area contributed by atoms with E-state index in [1.54, 1.807) is 11.3 Å². The molecule has 0 saturated heterocycles. The van der Waals surface area contributed by atoms with E-state index in [9.17, 15) is 4.79 Å². The van der Waals surface area contributed by atoms with Gasteiger partial charge in [0.25, 0.3) is 5.91 Å². The lowest BCUT2D eigenvalue weighted by atomic mass is 10.2. The summed E-state index contributed by atoms with van der Waals surface area (Å²) in [4.78, 5) is 16.6. The van der Waals surface area contributed by atoms with Gasteiger partial charge in [0.05, 0.1) is 10.2 Å². The molecule has 0 radical (unpaired) electrons. The highest BCUT2D eigenvalue weighted by atomic mass is 32.1. The summed E-state index contributed by atoms with van der Waals surface area (Å²) in [6.45, 7) is 5.77. The zero-order valence-electron chi connectivity index (χ0n) is 15.4. The lowest BCUT2D eigenvalue weighted by molar-refractivity contribution is -0.117. The summed E-state index contributed by atoms with van der Waals surface area (Å²) in [5.41, 5.74) is 4.08. The number of carbonyl (C=O) groups is 1. The van der Waals surface area contributed by atoms with Crippen LogP contribution in [0.2, 0.25) is 0 Å². The number of nitriles is 1. The summed E-state index contributed by atoms with van der Waals surface area (Å²) in [5.74, 6) is -0.388. The summed E-state index contributed by atoms with van der Waals surface area (Å²) in [5, 5.41) is 15.8. The maximum Gasteiger partial charge on any atom is 0.263 e. The molecular formula is C21H20N4OS. The third kappa shape index (κ3) is 4.52. The van der Waals surface area contributed by atoms with Crippen LogP contribution in [-0.4, -0.2) is 16.9 Å². The van der Waals surface area contributed by atoms with E-state index in [0.717, 1.165) is 21.8 Å². The molecule has 1 aromatic heterocycles. The van der Waals surface area contributed by atoms with Gasteiger partial charge in [-0.15, -0.1) is 11.3 Å². The molecule has 1 amide bonds. The van der Waals surface area contributed by atoms with Gasteiger partial charge < -0.3 is 10.6 Å². The standard InChI is InChI=1S/C21H20N4OS/c1-13(2)24-20(26)16(11-22)12-23-17-7-5-15(6-8-17)21-25-18-9-4-14(3)10-19(18)27-21/h4-10,12-13,23H,1-3H3,(H,24,26)/b16-12-. The molecule has 2 N–H and O–H groups in total. The molecule has 2 aromatic carbocycles. The van der Waals surface area contributed by atoms with Gasteiger partial charge in [-0.25, -0.2) is 4.98 Å². The average Bonchev–Trinajstić information content (AvgIpc) is 3.05. The Bertz CT molecular complexity index is 1040. The van der Waals surface area contributed by atoms with Crippen molar-refractivity contribution in [3.8, 4) is 16.6 Å². The molecule has 0 atom stereocenters. The smallest absolute Gasteiger partial charge is 0.263 e. The fourth-order valence-corrected chi connectivity index (χ4v) is 3.58. The first-order valence-corrected chi connectivity index (χ1v) is 9.43. The van der Waals surface area contributed by atoms with Crippen LogP contribution in [0.5, 0.6) is 0 Å². The van der Waals surface area contributed by atoms with Gasteiger partial charge in [-0.2, -0.15) is 5.26 Å². The monoisotopic (exact) mass is 376 g/mol. The van der Waals surface area contributed by atoms with E-state index < -0.39 is 0 Å². The van der Waals surface area contributed by atoms with Crippen molar-refractivity contribution in [3.63, 3.8) is 0 Å². The number of amides is 1. The lowest BCUT2D eigenvalue weighted by Gasteiger charge is -2.07. The highest BCUT2D eigenvalue weighted by molar-refractivity contribution is 7.21. The van der Waals surface area contributed by atoms with Crippen molar-refractivity contribution in [2.75, 3.05) is 5.32 Å². The second-order valence-electron chi connectivity index (χ2n) is 6.51. The Hall–Kier alpha value is -3.17. The van der Waals surface area contributed by atoms with E-state index in [1.165, 1.54) is 16.5 Å². The Morgan fingerprint density at radius 3 is 2.63 bits per heavy atom. The number of nitrogens with one attached hydrogen (secondary N) is 2. The molecule has 0 aliphatic rings. The van der Waals surface area contributed by atoms with Gasteiger partial charge in [-0.1, -0.05) is 6.07 Å². The molecule has 6 heteroatoms. The Labute approximate surface area is 162 Å². The largest absolute Gasteiger partial charge is 0.360 e. The van der Waals surface area contributed by atoms with Crippen LogP contribution in [0.1, 0.15) is 19.4 Å². The topological polar surface area (TPSA) is 77.8 Å². The van der Waals surface area contributed by atoms with E-state index in [1.807, 2.05) is 50.2 Å². The van der Waals surface area contributed by atoms with Gasteiger partial charge in [-0.05, 0) is 62.7 Å². The second-order valence-corrected chi connectivity index (χ2v) is 7.54. The highest BCUT2D eigenvalue weighted by Crippen LogP contribution is 2.31. The lowest BCUT2D eigenvalue weighted by Crippen LogP contribution is -2.31. The predicted octanol–water partition coefficient (Wildman–Crippen LogP) is 4.62. The number of hydrogen-bond acceptors (Lipinski definition) is 5. The molecule has 3 rings (SSSR count). The number of benzene rings is 2. The zero-order valence-corrected chi connectivity index (χ0v) is 16.2. The van der Waals surface area contributed by atoms with Crippen molar-refractivity contribution < 1.29 is 4.79 Å². The van der Waals surface area contributed by atoms with Crippen LogP contribution in [0.4, 0.5) is 5.69 Å². The van der Waals surface area contributed by atoms with Gasteiger partial charge in [-0.3, -0.25) is 4.79 Å². The quantitative estimate of drug-likeness (QED) is 0.503. The number of aryl methyl sites for hydroxylation is 1. The summed E-state index contributed by atoms with van der Waals surface area (Å²) in [6.07, 6.45) is 1.42. The summed E-state index contributed by atoms with van der Waals surface area (Å²) >= 11 is 1.66. The minimum atomic E-state index is -0.388. The Morgan fingerprint density at radius 2 is 1.96 bits per heavy atom. The number of nitrogens with zero attached hydrogens (tertiary/aromatic N) is 2. The predicted molar refractivity (Wildman–Crippen MR) is 110 cm³/mol. The first-order valence-electron chi connectivity index (χ1n) is 8.61. The third-order valence-corrected chi connectivity index (χ3v) is 4.91. The van der Waals surface area contributed by atoms with Crippen molar-refractivity contribution in [1.29, 1.82) is 5.26 Å². The minimum Gasteiger partial charge on any atom is -0.360 e. The Balaban J connectivity index is 1.75. The molecule has 0 saturated carbocycles. The van der Waals surface area contributed by atoms with Gasteiger partial charge in [0.15, 0.2) is 0 Å². The maximum absolute atomic E-state index is 11.9. The molecule has 1 heterocycles. The van der Waals surface area contributed by atoms with E-state index in [0.29, 0.717) is 0 Å². The van der Waals surface area contributed by atoms with Gasteiger partial charge >= 0.3 is 0 Å². The highest BCUT2D eigenvalue weighted by Gasteiger charge is 2.10. The minimum absolute atomic E-state index is 0.0221. The molecule has 0 spiro atoms. The van der Waals surface area contributed by atoms with Crippen LogP contribution in [-0.2, 0) is 4.79 Å². The maximum atomic E-state index is 11.9. The normalized spacial score (nSPS) is 11.4. The van der Waals surface area contributed by atoms with Crippen molar-refractivity contribution >= 4 is 33.1 Å². The van der Waals surface area contributed by atoms with E-state index >= 15 is 0 Å². The van der Waals surface area contributed by atoms with Crippen molar-refractivity contribution in [1.82, 2.24) is 10.3 Å². The number of aromatic nitrogens is 1. The first kappa shape index (κ1) is 18.6. The number of carbonyl (C=O) groups excluding carboxylic acids is 1. The van der Waals surface area contributed by atoms with E-state index in [-0.39, 0.29) is 17.5 Å². The van der Waals surface area contributed by atoms with Crippen molar-refractivity contribution in [2.24, 2.45) is 0 Å². The molecular weight excluding hydrogens is 356 g/mol. The van der Waals surface area contributed by atoms with Gasteiger partial charge in [0.1, 0.15) is 16.6 Å². The summed E-state index contributed by atoms with van der Waals surface area (Å²) in [6, 6.07) is 15.9. The molecule has 27 heavy (non-hydrogen) atoms. The molecule has 5 nitrogen and oxygen atoms in total. The molecule has 0 unspecified atom stereocenters.